The number of nitro benzene ring substituents is 1. The number of carbonyl (C=O) groups is 2. The number of nitrogens with one attached hydrogen (secondary N) is 1. The number of nitro groups is 1. The highest BCUT2D eigenvalue weighted by atomic mass is 35.5. The van der Waals surface area contributed by atoms with Gasteiger partial charge in [-0.15, -0.1) is 11.3 Å². The molecule has 8 nitrogen and oxygen atoms in total. The number of carboxylic acid groups (broad SMARTS) is 1. The third kappa shape index (κ3) is 5.36. The van der Waals surface area contributed by atoms with Crippen molar-refractivity contribution in [2.24, 2.45) is 0 Å². The molecule has 3 aromatic carbocycles. The summed E-state index contributed by atoms with van der Waals surface area (Å²) in [6.45, 7) is 1.76. The van der Waals surface area contributed by atoms with E-state index in [9.17, 15) is 24.8 Å². The number of rotatable bonds is 8. The van der Waals surface area contributed by atoms with Crippen LogP contribution in [0.25, 0.3) is 21.6 Å². The molecule has 0 spiro atoms. The minimum atomic E-state index is -0.858. The minimum Gasteiger partial charge on any atom is -0.481 e. The lowest BCUT2D eigenvalue weighted by atomic mass is 9.93. The third-order valence-corrected chi connectivity index (χ3v) is 8.17. The van der Waals surface area contributed by atoms with Crippen molar-refractivity contribution >= 4 is 46.4 Å². The Labute approximate surface area is 233 Å². The first kappa shape index (κ1) is 26.4. The largest absolute Gasteiger partial charge is 0.481 e. The van der Waals surface area contributed by atoms with Crippen molar-refractivity contribution in [3.8, 4) is 21.6 Å². The zero-order valence-electron chi connectivity index (χ0n) is 20.7. The van der Waals surface area contributed by atoms with Crippen LogP contribution < -0.4 is 5.32 Å². The topological polar surface area (TPSA) is 119 Å². The molecule has 4 aromatic rings. The van der Waals surface area contributed by atoms with Crippen molar-refractivity contribution in [2.75, 3.05) is 5.32 Å². The summed E-state index contributed by atoms with van der Waals surface area (Å²) >= 11 is 7.44. The fourth-order valence-electron chi connectivity index (χ4n) is 4.55. The molecule has 0 saturated heterocycles. The molecule has 39 heavy (non-hydrogen) atoms. The van der Waals surface area contributed by atoms with Gasteiger partial charge in [0.2, 0.25) is 0 Å². The number of carboxylic acids is 1. The van der Waals surface area contributed by atoms with Gasteiger partial charge in [-0.05, 0) is 48.6 Å². The molecular weight excluding hydrogens is 540 g/mol. The molecule has 0 aliphatic heterocycles. The summed E-state index contributed by atoms with van der Waals surface area (Å²) in [7, 11) is 0. The van der Waals surface area contributed by atoms with Crippen molar-refractivity contribution < 1.29 is 24.4 Å². The fraction of sp³-hybridized carbons (Fsp3) is 0.172. The molecular formula is C29H23ClN2O6S. The van der Waals surface area contributed by atoms with Crippen LogP contribution in [0, 0.1) is 10.1 Å². The number of hydrogen-bond acceptors (Lipinski definition) is 6. The summed E-state index contributed by atoms with van der Waals surface area (Å²) in [6, 6.07) is 22.5. The SMILES string of the molecule is CC(OC(=O)Nc1cc(Cl)sc1-c1ccc(-c2ccc(C3(C(=O)O)CC3)cc2)c([N+](=O)[O-])c1)c1ccccc1. The highest BCUT2D eigenvalue weighted by molar-refractivity contribution is 7.20. The molecule has 1 atom stereocenters. The van der Waals surface area contributed by atoms with Gasteiger partial charge < -0.3 is 9.84 Å². The molecule has 1 aromatic heterocycles. The molecule has 1 saturated carbocycles. The lowest BCUT2D eigenvalue weighted by molar-refractivity contribution is -0.384. The van der Waals surface area contributed by atoms with Gasteiger partial charge in [-0.2, -0.15) is 0 Å². The number of hydrogen-bond donors (Lipinski definition) is 2. The van der Waals surface area contributed by atoms with Crippen molar-refractivity contribution in [3.05, 3.63) is 104 Å². The molecule has 198 valence electrons. The molecule has 5 rings (SSSR count). The lowest BCUT2D eigenvalue weighted by Crippen LogP contribution is -2.19. The molecule has 10 heteroatoms. The smallest absolute Gasteiger partial charge is 0.412 e. The van der Waals surface area contributed by atoms with Gasteiger partial charge in [0.25, 0.3) is 5.69 Å². The van der Waals surface area contributed by atoms with Gasteiger partial charge in [-0.3, -0.25) is 20.2 Å². The van der Waals surface area contributed by atoms with Crippen LogP contribution in [0.3, 0.4) is 0 Å². The van der Waals surface area contributed by atoms with E-state index in [2.05, 4.69) is 5.32 Å². The molecule has 1 unspecified atom stereocenters. The van der Waals surface area contributed by atoms with Gasteiger partial charge in [0.05, 0.1) is 30.8 Å². The quantitative estimate of drug-likeness (QED) is 0.165. The maximum Gasteiger partial charge on any atom is 0.412 e. The molecule has 2 N–H and O–H groups in total. The summed E-state index contributed by atoms with van der Waals surface area (Å²) in [4.78, 5) is 36.4. The number of nitrogens with zero attached hydrogens (tertiary/aromatic N) is 1. The number of ether oxygens (including phenoxy) is 1. The Morgan fingerprint density at radius 2 is 1.72 bits per heavy atom. The van der Waals surface area contributed by atoms with Crippen LogP contribution >= 0.6 is 22.9 Å². The van der Waals surface area contributed by atoms with E-state index in [1.807, 2.05) is 30.3 Å². The van der Waals surface area contributed by atoms with Crippen molar-refractivity contribution in [2.45, 2.75) is 31.3 Å². The van der Waals surface area contributed by atoms with E-state index in [0.717, 1.165) is 5.56 Å². The Bertz CT molecular complexity index is 1560. The number of anilines is 1. The lowest BCUT2D eigenvalue weighted by Gasteiger charge is -2.14. The van der Waals surface area contributed by atoms with Crippen LogP contribution in [-0.4, -0.2) is 22.1 Å². The normalized spacial score (nSPS) is 14.3. The number of thiophene rings is 1. The Balaban J connectivity index is 1.40. The Kier molecular flexibility index (Phi) is 7.12. The van der Waals surface area contributed by atoms with E-state index in [0.29, 0.717) is 50.0 Å². The maximum absolute atomic E-state index is 12.6. The van der Waals surface area contributed by atoms with Gasteiger partial charge in [0, 0.05) is 11.6 Å². The first-order valence-corrected chi connectivity index (χ1v) is 13.3. The third-order valence-electron chi connectivity index (χ3n) is 6.86. The maximum atomic E-state index is 12.6. The highest BCUT2D eigenvalue weighted by Crippen LogP contribution is 2.49. The van der Waals surface area contributed by atoms with Crippen molar-refractivity contribution in [1.29, 1.82) is 0 Å². The first-order chi connectivity index (χ1) is 18.7. The predicted molar refractivity (Wildman–Crippen MR) is 150 cm³/mol. The van der Waals surface area contributed by atoms with Crippen LogP contribution in [0.15, 0.2) is 78.9 Å². The van der Waals surface area contributed by atoms with Crippen molar-refractivity contribution in [3.63, 3.8) is 0 Å². The summed E-state index contributed by atoms with van der Waals surface area (Å²) < 4.78 is 5.89. The molecule has 0 bridgehead atoms. The van der Waals surface area contributed by atoms with Gasteiger partial charge in [0.1, 0.15) is 6.10 Å². The monoisotopic (exact) mass is 562 g/mol. The predicted octanol–water partition coefficient (Wildman–Crippen LogP) is 8.07. The second kappa shape index (κ2) is 10.5. The number of halogens is 1. The Hall–Kier alpha value is -4.21. The number of benzene rings is 3. The molecule has 1 aliphatic carbocycles. The minimum absolute atomic E-state index is 0.129. The van der Waals surface area contributed by atoms with E-state index in [1.165, 1.54) is 17.4 Å². The average Bonchev–Trinajstić information content (AvgIpc) is 3.67. The zero-order valence-corrected chi connectivity index (χ0v) is 22.3. The summed E-state index contributed by atoms with van der Waals surface area (Å²) in [5.74, 6) is -0.858. The van der Waals surface area contributed by atoms with E-state index >= 15 is 0 Å². The fourth-order valence-corrected chi connectivity index (χ4v) is 5.73. The van der Waals surface area contributed by atoms with Crippen LogP contribution in [-0.2, 0) is 14.9 Å². The van der Waals surface area contributed by atoms with Crippen LogP contribution in [0.5, 0.6) is 0 Å². The van der Waals surface area contributed by atoms with Crippen LogP contribution in [0.4, 0.5) is 16.2 Å². The van der Waals surface area contributed by atoms with Crippen LogP contribution in [0.1, 0.15) is 37.0 Å². The molecule has 1 heterocycles. The first-order valence-electron chi connectivity index (χ1n) is 12.1. The van der Waals surface area contributed by atoms with E-state index in [4.69, 9.17) is 16.3 Å². The highest BCUT2D eigenvalue weighted by Gasteiger charge is 2.51. The van der Waals surface area contributed by atoms with Gasteiger partial charge in [0.15, 0.2) is 0 Å². The summed E-state index contributed by atoms with van der Waals surface area (Å²) in [5.41, 5.74) is 2.42. The van der Waals surface area contributed by atoms with Gasteiger partial charge in [-0.25, -0.2) is 4.79 Å². The number of carbonyl (C=O) groups excluding carboxylic acids is 1. The van der Waals surface area contributed by atoms with E-state index in [1.54, 1.807) is 49.4 Å². The standard InChI is InChI=1S/C29H23ClN2O6S/c1-17(18-5-3-2-4-6-18)38-28(35)31-23-16-25(30)39-26(23)20-9-12-22(24(15-20)32(36)37)19-7-10-21(11-8-19)29(13-14-29)27(33)34/h2-12,15-17H,13-14H2,1H3,(H,31,35)(H,33,34). The van der Waals surface area contributed by atoms with Crippen LogP contribution in [0.2, 0.25) is 4.34 Å². The molecule has 1 amide bonds. The molecule has 1 fully saturated rings. The number of aliphatic carboxylic acids is 1. The second-order valence-corrected chi connectivity index (χ2v) is 11.0. The molecule has 0 radical (unpaired) electrons. The van der Waals surface area contributed by atoms with E-state index < -0.39 is 28.5 Å². The average molecular weight is 563 g/mol. The summed E-state index contributed by atoms with van der Waals surface area (Å²) in [5, 5.41) is 24.3. The van der Waals surface area contributed by atoms with E-state index in [-0.39, 0.29) is 5.69 Å². The number of amides is 1. The Morgan fingerprint density at radius 1 is 1.05 bits per heavy atom. The summed E-state index contributed by atoms with van der Waals surface area (Å²) in [6.07, 6.45) is -0.00637. The van der Waals surface area contributed by atoms with Gasteiger partial charge >= 0.3 is 12.1 Å². The zero-order chi connectivity index (χ0) is 27.7. The Morgan fingerprint density at radius 3 is 2.33 bits per heavy atom. The molecule has 1 aliphatic rings. The van der Waals surface area contributed by atoms with Gasteiger partial charge in [-0.1, -0.05) is 72.3 Å². The van der Waals surface area contributed by atoms with Crippen molar-refractivity contribution in [1.82, 2.24) is 0 Å². The second-order valence-electron chi connectivity index (χ2n) is 9.33.